The minimum Gasteiger partial charge on any atom is -0.489 e. The van der Waals surface area contributed by atoms with Gasteiger partial charge in [-0.15, -0.1) is 0 Å². The van der Waals surface area contributed by atoms with E-state index >= 15 is 0 Å². The summed E-state index contributed by atoms with van der Waals surface area (Å²) in [7, 11) is 2.06. The monoisotopic (exact) mass is 355 g/mol. The molecule has 2 nitrogen and oxygen atoms in total. The molecule has 2 atom stereocenters. The second-order valence-electron chi connectivity index (χ2n) is 7.81. The Kier molecular flexibility index (Phi) is 4.02. The van der Waals surface area contributed by atoms with E-state index in [9.17, 15) is 0 Å². The van der Waals surface area contributed by atoms with Gasteiger partial charge in [0.25, 0.3) is 0 Å². The summed E-state index contributed by atoms with van der Waals surface area (Å²) in [6, 6.07) is 26.2. The van der Waals surface area contributed by atoms with Crippen LogP contribution in [0.2, 0.25) is 0 Å². The molecule has 0 amide bonds. The molecule has 0 saturated carbocycles. The van der Waals surface area contributed by atoms with Gasteiger partial charge in [0, 0.05) is 17.9 Å². The number of hydrogen-bond acceptors (Lipinski definition) is 2. The summed E-state index contributed by atoms with van der Waals surface area (Å²) >= 11 is 0. The van der Waals surface area contributed by atoms with E-state index < -0.39 is 0 Å². The van der Waals surface area contributed by atoms with Gasteiger partial charge in [-0.05, 0) is 59.8 Å². The predicted octanol–water partition coefficient (Wildman–Crippen LogP) is 5.01. The highest BCUT2D eigenvalue weighted by atomic mass is 16.5. The molecule has 3 aromatic carbocycles. The summed E-state index contributed by atoms with van der Waals surface area (Å²) in [6.45, 7) is 1.57. The van der Waals surface area contributed by atoms with E-state index in [0.29, 0.717) is 12.5 Å². The van der Waals surface area contributed by atoms with Crippen molar-refractivity contribution in [3.8, 4) is 5.75 Å². The lowest BCUT2D eigenvalue weighted by Crippen LogP contribution is -2.46. The highest BCUT2D eigenvalue weighted by Gasteiger charge is 2.47. The molecular weight excluding hydrogens is 330 g/mol. The average Bonchev–Trinajstić information content (AvgIpc) is 2.74. The topological polar surface area (TPSA) is 21.3 Å². The molecule has 136 valence electrons. The fourth-order valence-electron chi connectivity index (χ4n) is 5.19. The highest BCUT2D eigenvalue weighted by molar-refractivity contribution is 5.60. The molecule has 0 aliphatic heterocycles. The largest absolute Gasteiger partial charge is 0.489 e. The van der Waals surface area contributed by atoms with Crippen LogP contribution >= 0.6 is 0 Å². The smallest absolute Gasteiger partial charge is 0.120 e. The molecule has 2 unspecified atom stereocenters. The third-order valence-corrected chi connectivity index (χ3v) is 6.35. The van der Waals surface area contributed by atoms with Crippen LogP contribution in [0.25, 0.3) is 0 Å². The predicted molar refractivity (Wildman–Crippen MR) is 109 cm³/mol. The van der Waals surface area contributed by atoms with Crippen LogP contribution in [-0.4, -0.2) is 13.6 Å². The maximum Gasteiger partial charge on any atom is 0.120 e. The number of likely N-dealkylation sites (N-methyl/N-ethyl adjacent to an activating group) is 1. The maximum atomic E-state index is 6.16. The van der Waals surface area contributed by atoms with Gasteiger partial charge in [-0.2, -0.15) is 0 Å². The number of nitrogens with one attached hydrogen (secondary N) is 1. The van der Waals surface area contributed by atoms with Crippen LogP contribution in [0.5, 0.6) is 5.75 Å². The Morgan fingerprint density at radius 2 is 1.70 bits per heavy atom. The summed E-state index contributed by atoms with van der Waals surface area (Å²) < 4.78 is 6.16. The van der Waals surface area contributed by atoms with Crippen LogP contribution in [0.15, 0.2) is 72.8 Å². The number of hydrogen-bond donors (Lipinski definition) is 1. The molecule has 3 aliphatic rings. The molecule has 2 heteroatoms. The molecule has 0 aromatic heterocycles. The third-order valence-electron chi connectivity index (χ3n) is 6.35. The lowest BCUT2D eigenvalue weighted by molar-refractivity contribution is 0.302. The van der Waals surface area contributed by atoms with E-state index in [4.69, 9.17) is 4.74 Å². The first-order valence-electron chi connectivity index (χ1n) is 9.87. The van der Waals surface area contributed by atoms with Crippen molar-refractivity contribution < 1.29 is 4.74 Å². The SMILES string of the molecule is CNCC12CCC(c3ccccc31)c1ccc(OCc3ccccc3)cc12. The summed E-state index contributed by atoms with van der Waals surface area (Å²) in [6.07, 6.45) is 2.43. The zero-order valence-corrected chi connectivity index (χ0v) is 15.7. The summed E-state index contributed by atoms with van der Waals surface area (Å²) in [5.41, 5.74) is 7.22. The van der Waals surface area contributed by atoms with Crippen LogP contribution in [0, 0.1) is 0 Å². The van der Waals surface area contributed by atoms with E-state index in [-0.39, 0.29) is 5.41 Å². The molecule has 0 heterocycles. The molecule has 6 rings (SSSR count). The number of fused-ring (bicyclic) bond motifs is 1. The maximum absolute atomic E-state index is 6.16. The highest BCUT2D eigenvalue weighted by Crippen LogP contribution is 2.56. The first-order valence-corrected chi connectivity index (χ1v) is 9.87. The number of rotatable bonds is 5. The molecule has 0 radical (unpaired) electrons. The van der Waals surface area contributed by atoms with Crippen LogP contribution in [0.1, 0.15) is 46.6 Å². The Balaban J connectivity index is 1.54. The molecule has 1 N–H and O–H groups in total. The van der Waals surface area contributed by atoms with Crippen LogP contribution < -0.4 is 10.1 Å². The fraction of sp³-hybridized carbons (Fsp3) is 0.280. The second-order valence-corrected chi connectivity index (χ2v) is 7.81. The molecule has 2 bridgehead atoms. The van der Waals surface area contributed by atoms with Crippen molar-refractivity contribution >= 4 is 0 Å². The Morgan fingerprint density at radius 1 is 0.926 bits per heavy atom. The van der Waals surface area contributed by atoms with Gasteiger partial charge in [0.1, 0.15) is 12.4 Å². The molecule has 0 spiro atoms. The van der Waals surface area contributed by atoms with E-state index in [1.54, 1.807) is 0 Å². The standard InChI is InChI=1S/C25H25NO/c1-26-17-25-14-13-20(21-9-5-6-10-23(21)25)22-12-11-19(15-24(22)25)27-16-18-7-3-2-4-8-18/h2-12,15,20,26H,13-14,16-17H2,1H3. The van der Waals surface area contributed by atoms with Gasteiger partial charge in [-0.1, -0.05) is 60.7 Å². The molecule has 0 saturated heterocycles. The van der Waals surface area contributed by atoms with Gasteiger partial charge in [0.15, 0.2) is 0 Å². The Morgan fingerprint density at radius 3 is 2.56 bits per heavy atom. The Labute approximate surface area is 161 Å². The summed E-state index contributed by atoms with van der Waals surface area (Å²) in [4.78, 5) is 0. The quantitative estimate of drug-likeness (QED) is 0.695. The molecular formula is C25H25NO. The second kappa shape index (κ2) is 6.54. The van der Waals surface area contributed by atoms with E-state index in [1.165, 1.54) is 40.7 Å². The normalized spacial score (nSPS) is 22.2. The number of benzene rings is 3. The van der Waals surface area contributed by atoms with Crippen LogP contribution in [0.3, 0.4) is 0 Å². The fourth-order valence-corrected chi connectivity index (χ4v) is 5.19. The summed E-state index contributed by atoms with van der Waals surface area (Å²) in [5, 5.41) is 3.47. The summed E-state index contributed by atoms with van der Waals surface area (Å²) in [5.74, 6) is 1.50. The van der Waals surface area contributed by atoms with E-state index in [0.717, 1.165) is 12.3 Å². The molecule has 27 heavy (non-hydrogen) atoms. The van der Waals surface area contributed by atoms with Crippen molar-refractivity contribution in [3.63, 3.8) is 0 Å². The first kappa shape index (κ1) is 16.6. The lowest BCUT2D eigenvalue weighted by atomic mass is 9.55. The van der Waals surface area contributed by atoms with Crippen molar-refractivity contribution in [2.75, 3.05) is 13.6 Å². The lowest BCUT2D eigenvalue weighted by Gasteiger charge is -2.49. The zero-order chi connectivity index (χ0) is 18.3. The minimum absolute atomic E-state index is 0.0571. The van der Waals surface area contributed by atoms with E-state index in [1.807, 2.05) is 6.07 Å². The Bertz CT molecular complexity index is 965. The molecule has 3 aromatic rings. The minimum atomic E-state index is 0.0571. The van der Waals surface area contributed by atoms with Crippen molar-refractivity contribution in [1.82, 2.24) is 5.32 Å². The van der Waals surface area contributed by atoms with E-state index in [2.05, 4.69) is 79.1 Å². The van der Waals surface area contributed by atoms with Crippen molar-refractivity contribution in [2.45, 2.75) is 30.8 Å². The van der Waals surface area contributed by atoms with Gasteiger partial charge < -0.3 is 10.1 Å². The van der Waals surface area contributed by atoms with Gasteiger partial charge in [-0.25, -0.2) is 0 Å². The van der Waals surface area contributed by atoms with Gasteiger partial charge in [0.2, 0.25) is 0 Å². The molecule has 3 aliphatic carbocycles. The van der Waals surface area contributed by atoms with Gasteiger partial charge in [0.05, 0.1) is 0 Å². The van der Waals surface area contributed by atoms with Crippen molar-refractivity contribution in [1.29, 1.82) is 0 Å². The van der Waals surface area contributed by atoms with Crippen LogP contribution in [0.4, 0.5) is 0 Å². The zero-order valence-electron chi connectivity index (χ0n) is 15.7. The van der Waals surface area contributed by atoms with Crippen molar-refractivity contribution in [2.24, 2.45) is 0 Å². The van der Waals surface area contributed by atoms with Crippen molar-refractivity contribution in [3.05, 3.63) is 101 Å². The first-order chi connectivity index (χ1) is 13.3. The van der Waals surface area contributed by atoms with Gasteiger partial charge in [-0.3, -0.25) is 0 Å². The molecule has 0 fully saturated rings. The Hall–Kier alpha value is -2.58. The third kappa shape index (κ3) is 2.59. The average molecular weight is 355 g/mol. The van der Waals surface area contributed by atoms with Crippen LogP contribution in [-0.2, 0) is 12.0 Å². The number of ether oxygens (including phenoxy) is 1. The van der Waals surface area contributed by atoms with Gasteiger partial charge >= 0.3 is 0 Å².